The number of nitrogens with zero attached hydrogens (tertiary/aromatic N) is 2. The van der Waals surface area contributed by atoms with Gasteiger partial charge in [0, 0.05) is 49.1 Å². The monoisotopic (exact) mass is 618 g/mol. The average molecular weight is 619 g/mol. The molecular formula is C44H30N2S. The molecule has 0 aliphatic rings. The molecule has 0 aliphatic carbocycles. The van der Waals surface area contributed by atoms with Crippen LogP contribution in [0.5, 0.6) is 0 Å². The molecule has 222 valence electrons. The first kappa shape index (κ1) is 27.4. The van der Waals surface area contributed by atoms with Gasteiger partial charge in [-0.2, -0.15) is 0 Å². The van der Waals surface area contributed by atoms with Gasteiger partial charge in [0.05, 0.1) is 5.52 Å². The lowest BCUT2D eigenvalue weighted by molar-refractivity contribution is 1.13. The Labute approximate surface area is 278 Å². The van der Waals surface area contributed by atoms with Gasteiger partial charge in [-0.15, -0.1) is 11.3 Å². The number of benzene rings is 7. The van der Waals surface area contributed by atoms with Crippen molar-refractivity contribution >= 4 is 59.5 Å². The van der Waals surface area contributed by atoms with Crippen LogP contribution in [0, 0.1) is 0 Å². The zero-order valence-electron chi connectivity index (χ0n) is 25.6. The van der Waals surface area contributed by atoms with Gasteiger partial charge >= 0.3 is 0 Å². The lowest BCUT2D eigenvalue weighted by atomic mass is 10.0. The molecule has 3 heteroatoms. The minimum absolute atomic E-state index is 1.12. The Morgan fingerprint density at radius 2 is 0.957 bits per heavy atom. The Bertz CT molecular complexity index is 2490. The molecule has 0 atom stereocenters. The second-order valence-corrected chi connectivity index (χ2v) is 12.9. The van der Waals surface area contributed by atoms with Crippen molar-refractivity contribution in [3.63, 3.8) is 0 Å². The standard InChI is InChI=1S/C44H30N2S/c1-2-8-31(9-3-1)32-16-22-37(23-17-32)46(39-26-27-44-41(30-39)40-11-5-7-13-43(40)47-44)38-24-18-34(19-25-38)33-14-20-36(21-15-33)45-29-28-35-10-4-6-12-42(35)45/h1-30H. The summed E-state index contributed by atoms with van der Waals surface area (Å²) in [6.07, 6.45) is 2.14. The van der Waals surface area contributed by atoms with E-state index in [9.17, 15) is 0 Å². The molecule has 0 N–H and O–H groups in total. The van der Waals surface area contributed by atoms with Crippen molar-refractivity contribution in [3.8, 4) is 27.9 Å². The number of para-hydroxylation sites is 1. The molecule has 0 saturated carbocycles. The topological polar surface area (TPSA) is 8.17 Å². The van der Waals surface area contributed by atoms with E-state index < -0.39 is 0 Å². The minimum Gasteiger partial charge on any atom is -0.317 e. The highest BCUT2D eigenvalue weighted by atomic mass is 32.1. The molecule has 0 aliphatic heterocycles. The van der Waals surface area contributed by atoms with Gasteiger partial charge < -0.3 is 9.47 Å². The van der Waals surface area contributed by atoms with Crippen LogP contribution in [0.4, 0.5) is 17.1 Å². The summed E-state index contributed by atoms with van der Waals surface area (Å²) in [5, 5.41) is 3.85. The maximum Gasteiger partial charge on any atom is 0.0528 e. The third-order valence-corrected chi connectivity index (χ3v) is 10.2. The van der Waals surface area contributed by atoms with E-state index in [0.29, 0.717) is 0 Å². The molecule has 0 bridgehead atoms. The molecule has 47 heavy (non-hydrogen) atoms. The highest BCUT2D eigenvalue weighted by Gasteiger charge is 2.15. The Morgan fingerprint density at radius 1 is 0.404 bits per heavy atom. The Kier molecular flexibility index (Phi) is 6.69. The summed E-state index contributed by atoms with van der Waals surface area (Å²) in [5.74, 6) is 0. The van der Waals surface area contributed by atoms with Gasteiger partial charge in [0.1, 0.15) is 0 Å². The van der Waals surface area contributed by atoms with E-state index in [2.05, 4.69) is 192 Å². The first-order chi connectivity index (χ1) is 23.3. The maximum absolute atomic E-state index is 2.37. The molecule has 9 rings (SSSR count). The van der Waals surface area contributed by atoms with Crippen LogP contribution in [0.2, 0.25) is 0 Å². The van der Waals surface area contributed by atoms with Crippen LogP contribution in [0.3, 0.4) is 0 Å². The van der Waals surface area contributed by atoms with Crippen molar-refractivity contribution in [1.29, 1.82) is 0 Å². The van der Waals surface area contributed by atoms with Crippen LogP contribution in [0.1, 0.15) is 0 Å². The van der Waals surface area contributed by atoms with Crippen molar-refractivity contribution in [3.05, 3.63) is 182 Å². The highest BCUT2D eigenvalue weighted by Crippen LogP contribution is 2.41. The lowest BCUT2D eigenvalue weighted by Crippen LogP contribution is -2.09. The van der Waals surface area contributed by atoms with Crippen LogP contribution >= 0.6 is 11.3 Å². The van der Waals surface area contributed by atoms with E-state index in [4.69, 9.17) is 0 Å². The molecule has 2 nitrogen and oxygen atoms in total. The van der Waals surface area contributed by atoms with Gasteiger partial charge in [0.15, 0.2) is 0 Å². The highest BCUT2D eigenvalue weighted by molar-refractivity contribution is 7.25. The van der Waals surface area contributed by atoms with E-state index >= 15 is 0 Å². The van der Waals surface area contributed by atoms with Crippen molar-refractivity contribution in [1.82, 2.24) is 4.57 Å². The van der Waals surface area contributed by atoms with Crippen LogP contribution in [0.25, 0.3) is 59.0 Å². The fourth-order valence-corrected chi connectivity index (χ4v) is 7.75. The summed E-state index contributed by atoms with van der Waals surface area (Å²) in [4.78, 5) is 2.37. The Balaban J connectivity index is 1.09. The van der Waals surface area contributed by atoms with Gasteiger partial charge in [-0.1, -0.05) is 103 Å². The van der Waals surface area contributed by atoms with E-state index in [1.165, 1.54) is 53.3 Å². The number of anilines is 3. The molecular weight excluding hydrogens is 589 g/mol. The van der Waals surface area contributed by atoms with E-state index in [0.717, 1.165) is 22.7 Å². The van der Waals surface area contributed by atoms with Gasteiger partial charge in [-0.25, -0.2) is 0 Å². The molecule has 2 aromatic heterocycles. The second kappa shape index (κ2) is 11.5. The molecule has 7 aromatic carbocycles. The number of fused-ring (bicyclic) bond motifs is 4. The molecule has 0 spiro atoms. The fraction of sp³-hybridized carbons (Fsp3) is 0. The number of hydrogen-bond acceptors (Lipinski definition) is 2. The maximum atomic E-state index is 2.37. The van der Waals surface area contributed by atoms with Crippen molar-refractivity contribution in [2.45, 2.75) is 0 Å². The van der Waals surface area contributed by atoms with Crippen molar-refractivity contribution in [2.75, 3.05) is 4.90 Å². The Hall–Kier alpha value is -5.90. The summed E-state index contributed by atoms with van der Waals surface area (Å²) in [5.41, 5.74) is 10.6. The SMILES string of the molecule is c1ccc(-c2ccc(N(c3ccc(-c4ccc(-n5ccc6ccccc65)cc4)cc3)c3ccc4sc5ccccc5c4c3)cc2)cc1. The van der Waals surface area contributed by atoms with Gasteiger partial charge in [-0.3, -0.25) is 0 Å². The van der Waals surface area contributed by atoms with Crippen LogP contribution in [0.15, 0.2) is 182 Å². The normalized spacial score (nSPS) is 11.4. The van der Waals surface area contributed by atoms with Crippen LogP contribution < -0.4 is 4.90 Å². The summed E-state index contributed by atoms with van der Waals surface area (Å²) < 4.78 is 4.87. The zero-order valence-corrected chi connectivity index (χ0v) is 26.4. The van der Waals surface area contributed by atoms with E-state index in [1.807, 2.05) is 11.3 Å². The van der Waals surface area contributed by atoms with Crippen molar-refractivity contribution < 1.29 is 0 Å². The molecule has 0 radical (unpaired) electrons. The average Bonchev–Trinajstić information content (AvgIpc) is 3.75. The smallest absolute Gasteiger partial charge is 0.0528 e. The Morgan fingerprint density at radius 3 is 1.68 bits per heavy atom. The van der Waals surface area contributed by atoms with Gasteiger partial charge in [0.25, 0.3) is 0 Å². The number of aromatic nitrogens is 1. The fourth-order valence-electron chi connectivity index (χ4n) is 6.66. The lowest BCUT2D eigenvalue weighted by Gasteiger charge is -2.26. The summed E-state index contributed by atoms with van der Waals surface area (Å²) in [7, 11) is 0. The van der Waals surface area contributed by atoms with Crippen LogP contribution in [-0.2, 0) is 0 Å². The number of thiophene rings is 1. The van der Waals surface area contributed by atoms with Gasteiger partial charge in [-0.05, 0) is 100 Å². The predicted octanol–water partition coefficient (Wildman–Crippen LogP) is 12.8. The van der Waals surface area contributed by atoms with Gasteiger partial charge in [0.2, 0.25) is 0 Å². The van der Waals surface area contributed by atoms with Crippen molar-refractivity contribution in [2.24, 2.45) is 0 Å². The molecule has 0 unspecified atom stereocenters. The molecule has 9 aromatic rings. The first-order valence-electron chi connectivity index (χ1n) is 15.9. The van der Waals surface area contributed by atoms with E-state index in [1.54, 1.807) is 0 Å². The quantitative estimate of drug-likeness (QED) is 0.180. The summed E-state index contributed by atoms with van der Waals surface area (Å²) in [6, 6.07) is 63.5. The molecule has 0 saturated heterocycles. The largest absolute Gasteiger partial charge is 0.317 e. The molecule has 0 fully saturated rings. The van der Waals surface area contributed by atoms with Crippen LogP contribution in [-0.4, -0.2) is 4.57 Å². The van der Waals surface area contributed by atoms with E-state index in [-0.39, 0.29) is 0 Å². The summed E-state index contributed by atoms with van der Waals surface area (Å²) in [6.45, 7) is 0. The minimum atomic E-state index is 1.12. The first-order valence-corrected chi connectivity index (χ1v) is 16.7. The zero-order chi connectivity index (χ0) is 31.2. The third kappa shape index (κ3) is 4.98. The molecule has 0 amide bonds. The predicted molar refractivity (Wildman–Crippen MR) is 202 cm³/mol. The second-order valence-electron chi connectivity index (χ2n) is 11.9. The molecule has 2 heterocycles. The number of rotatable bonds is 6. The third-order valence-electron chi connectivity index (χ3n) is 9.05. The number of hydrogen-bond donors (Lipinski definition) is 0. The summed E-state index contributed by atoms with van der Waals surface area (Å²) >= 11 is 1.85.